The molecule has 2 N–H and O–H groups in total. The van der Waals surface area contributed by atoms with Crippen molar-refractivity contribution < 1.29 is 28.6 Å². The third kappa shape index (κ3) is 18.2. The molecule has 58 heavy (non-hydrogen) atoms. The van der Waals surface area contributed by atoms with E-state index in [0.29, 0.717) is 83.3 Å². The number of nitrogens with one attached hydrogen (secondary N) is 2. The van der Waals surface area contributed by atoms with Crippen LogP contribution in [0.5, 0.6) is 0 Å². The molecule has 1 aliphatic rings. The van der Waals surface area contributed by atoms with Crippen LogP contribution < -0.4 is 10.6 Å². The lowest BCUT2D eigenvalue weighted by atomic mass is 9.99. The molecule has 1 aliphatic carbocycles. The Morgan fingerprint density at radius 2 is 1.69 bits per heavy atom. The Bertz CT molecular complexity index is 1690. The van der Waals surface area contributed by atoms with Crippen LogP contribution in [0.25, 0.3) is 0 Å². The SMILES string of the molecule is CCCCOCCCc1nc(CCCNC(=O)CCC(C)SSc2ccccc2CC(C)=O)nc(NCCOCCn2nnc3c2CCCCCC3OCC(C)=O)n1. The van der Waals surface area contributed by atoms with Crippen LogP contribution in [0, 0.1) is 0 Å². The van der Waals surface area contributed by atoms with Gasteiger partial charge in [0.15, 0.2) is 5.78 Å². The lowest BCUT2D eigenvalue weighted by molar-refractivity contribution is -0.124. The van der Waals surface area contributed by atoms with E-state index < -0.39 is 0 Å². The number of anilines is 1. The number of nitrogens with zero attached hydrogens (tertiary/aromatic N) is 6. The zero-order chi connectivity index (χ0) is 41.4. The first kappa shape index (κ1) is 47.2. The molecule has 16 heteroatoms. The Hall–Kier alpha value is -3.44. The normalized spacial score (nSPS) is 14.7. The minimum atomic E-state index is -0.204. The van der Waals surface area contributed by atoms with Gasteiger partial charge in [-0.1, -0.05) is 78.1 Å². The molecule has 0 saturated carbocycles. The smallest absolute Gasteiger partial charge is 0.226 e. The number of aromatic nitrogens is 6. The van der Waals surface area contributed by atoms with Crippen LogP contribution in [-0.4, -0.2) is 98.8 Å². The number of ketones is 2. The van der Waals surface area contributed by atoms with Crippen molar-refractivity contribution >= 4 is 45.0 Å². The molecule has 0 bridgehead atoms. The molecule has 1 amide bonds. The minimum absolute atomic E-state index is 0.00470. The summed E-state index contributed by atoms with van der Waals surface area (Å²) in [5.74, 6) is 2.12. The van der Waals surface area contributed by atoms with E-state index in [4.69, 9.17) is 19.2 Å². The maximum atomic E-state index is 12.7. The molecule has 0 spiro atoms. The highest BCUT2D eigenvalue weighted by Crippen LogP contribution is 2.38. The minimum Gasteiger partial charge on any atom is -0.381 e. The van der Waals surface area contributed by atoms with Crippen molar-refractivity contribution in [3.63, 3.8) is 0 Å². The van der Waals surface area contributed by atoms with Gasteiger partial charge in [-0.05, 0) is 70.4 Å². The van der Waals surface area contributed by atoms with E-state index >= 15 is 0 Å². The topological polar surface area (TPSA) is 172 Å². The van der Waals surface area contributed by atoms with Gasteiger partial charge in [-0.2, -0.15) is 9.97 Å². The standard InChI is InChI=1S/C42H64N8O6S2/c1-5-6-25-54-26-13-19-39-45-38(18-12-22-43-40(53)21-20-33(4)57-58-37-17-11-10-14-34(37)29-31(2)51)46-42(47-39)44-23-27-55-28-24-50-35-15-8-7-9-16-36(41(35)48-49-50)56-30-32(3)52/h10-11,14,17,33,36H,5-9,12-13,15-16,18-30H2,1-4H3,(H,43,53)(H,44,45,46,47). The van der Waals surface area contributed by atoms with Crippen LogP contribution in [0.2, 0.25) is 0 Å². The van der Waals surface area contributed by atoms with Crippen LogP contribution in [-0.2, 0) is 60.8 Å². The van der Waals surface area contributed by atoms with E-state index in [9.17, 15) is 14.4 Å². The molecular formula is C42H64N8O6S2. The van der Waals surface area contributed by atoms with E-state index in [2.05, 4.69) is 44.8 Å². The molecule has 3 aromatic rings. The summed E-state index contributed by atoms with van der Waals surface area (Å²) in [4.78, 5) is 51.1. The average molecular weight is 841 g/mol. The number of benzene rings is 1. The van der Waals surface area contributed by atoms with E-state index in [0.717, 1.165) is 92.1 Å². The molecule has 0 radical (unpaired) electrons. The number of rotatable bonds is 29. The summed E-state index contributed by atoms with van der Waals surface area (Å²) in [5, 5.41) is 15.5. The monoisotopic (exact) mass is 840 g/mol. The number of aryl methyl sites for hydroxylation is 2. The zero-order valence-corrected chi connectivity index (χ0v) is 36.6. The lowest BCUT2D eigenvalue weighted by Crippen LogP contribution is -2.25. The summed E-state index contributed by atoms with van der Waals surface area (Å²) in [6.45, 7) is 11.5. The van der Waals surface area contributed by atoms with Crippen molar-refractivity contribution in [3.05, 3.63) is 52.9 Å². The molecule has 2 aromatic heterocycles. The highest BCUT2D eigenvalue weighted by atomic mass is 33.1. The fourth-order valence-corrected chi connectivity index (χ4v) is 8.81. The van der Waals surface area contributed by atoms with Gasteiger partial charge < -0.3 is 24.8 Å². The van der Waals surface area contributed by atoms with Gasteiger partial charge in [-0.3, -0.25) is 14.4 Å². The van der Waals surface area contributed by atoms with Gasteiger partial charge in [0.25, 0.3) is 0 Å². The Labute approximate surface area is 352 Å². The number of hydrogen-bond donors (Lipinski definition) is 2. The maximum Gasteiger partial charge on any atom is 0.226 e. The van der Waals surface area contributed by atoms with Gasteiger partial charge in [0.2, 0.25) is 11.9 Å². The first-order chi connectivity index (χ1) is 28.2. The number of carbonyl (C=O) groups excluding carboxylic acids is 3. The quantitative estimate of drug-likeness (QED) is 0.0547. The summed E-state index contributed by atoms with van der Waals surface area (Å²) in [5.41, 5.74) is 2.96. The largest absolute Gasteiger partial charge is 0.381 e. The van der Waals surface area contributed by atoms with Gasteiger partial charge >= 0.3 is 0 Å². The summed E-state index contributed by atoms with van der Waals surface area (Å²) < 4.78 is 19.5. The number of carbonyl (C=O) groups is 3. The van der Waals surface area contributed by atoms with Crippen molar-refractivity contribution in [1.29, 1.82) is 0 Å². The van der Waals surface area contributed by atoms with Crippen LogP contribution in [0.1, 0.15) is 127 Å². The summed E-state index contributed by atoms with van der Waals surface area (Å²) in [7, 11) is 3.40. The predicted octanol–water partition coefficient (Wildman–Crippen LogP) is 6.89. The third-order valence-electron chi connectivity index (χ3n) is 9.47. The Kier molecular flexibility index (Phi) is 22.3. The highest BCUT2D eigenvalue weighted by Gasteiger charge is 2.24. The van der Waals surface area contributed by atoms with Crippen LogP contribution in [0.15, 0.2) is 29.2 Å². The van der Waals surface area contributed by atoms with Gasteiger partial charge in [0, 0.05) is 62.1 Å². The Morgan fingerprint density at radius 3 is 2.48 bits per heavy atom. The summed E-state index contributed by atoms with van der Waals surface area (Å²) in [6, 6.07) is 8.00. The molecule has 2 unspecified atom stereocenters. The molecule has 0 aliphatic heterocycles. The van der Waals surface area contributed by atoms with Crippen LogP contribution in [0.4, 0.5) is 5.95 Å². The third-order valence-corrected chi connectivity index (χ3v) is 12.5. The number of amides is 1. The number of unbranched alkanes of at least 4 members (excludes halogenated alkanes) is 1. The van der Waals surface area contributed by atoms with Crippen molar-refractivity contribution in [1.82, 2.24) is 35.3 Å². The second kappa shape index (κ2) is 27.3. The second-order valence-corrected chi connectivity index (χ2v) is 17.5. The van der Waals surface area contributed by atoms with Gasteiger partial charge in [0.05, 0.1) is 25.5 Å². The molecule has 320 valence electrons. The average Bonchev–Trinajstić information content (AvgIpc) is 3.58. The fourth-order valence-electron chi connectivity index (χ4n) is 6.37. The van der Waals surface area contributed by atoms with Gasteiger partial charge in [-0.25, -0.2) is 9.67 Å². The van der Waals surface area contributed by atoms with Crippen molar-refractivity contribution in [2.75, 3.05) is 51.4 Å². The number of fused-ring (bicyclic) bond motifs is 1. The zero-order valence-electron chi connectivity index (χ0n) is 35.0. The number of Topliss-reactive ketones (excluding diaryl/α,β-unsaturated/α-hetero) is 2. The summed E-state index contributed by atoms with van der Waals surface area (Å²) >= 11 is 0. The van der Waals surface area contributed by atoms with Gasteiger partial charge in [-0.15, -0.1) is 5.10 Å². The lowest BCUT2D eigenvalue weighted by Gasteiger charge is -2.19. The first-order valence-corrected chi connectivity index (χ1v) is 23.3. The highest BCUT2D eigenvalue weighted by molar-refractivity contribution is 8.77. The maximum absolute atomic E-state index is 12.7. The summed E-state index contributed by atoms with van der Waals surface area (Å²) in [6.07, 6.45) is 11.4. The molecule has 0 fully saturated rings. The van der Waals surface area contributed by atoms with Crippen LogP contribution >= 0.6 is 21.6 Å². The number of ether oxygens (including phenoxy) is 3. The molecule has 2 atom stereocenters. The van der Waals surface area contributed by atoms with Crippen molar-refractivity contribution in [3.8, 4) is 0 Å². The molecule has 1 aromatic carbocycles. The predicted molar refractivity (Wildman–Crippen MR) is 229 cm³/mol. The van der Waals surface area contributed by atoms with Crippen molar-refractivity contribution in [2.24, 2.45) is 0 Å². The van der Waals surface area contributed by atoms with E-state index in [-0.39, 0.29) is 35.4 Å². The van der Waals surface area contributed by atoms with E-state index in [1.54, 1.807) is 28.5 Å². The second-order valence-electron chi connectivity index (χ2n) is 14.8. The van der Waals surface area contributed by atoms with Crippen LogP contribution in [0.3, 0.4) is 0 Å². The molecule has 14 nitrogen and oxygen atoms in total. The van der Waals surface area contributed by atoms with Crippen molar-refractivity contribution in [2.45, 2.75) is 140 Å². The number of hydrogen-bond acceptors (Lipinski definition) is 14. The molecule has 4 rings (SSSR count). The molecule has 0 saturated heterocycles. The molecular weight excluding hydrogens is 777 g/mol. The fraction of sp³-hybridized carbons (Fsp3) is 0.667. The Morgan fingerprint density at radius 1 is 0.914 bits per heavy atom. The molecule has 2 heterocycles. The van der Waals surface area contributed by atoms with Gasteiger partial charge in [0.1, 0.15) is 35.8 Å². The Balaban J connectivity index is 1.19. The first-order valence-electron chi connectivity index (χ1n) is 21.1. The van der Waals surface area contributed by atoms with E-state index in [1.165, 1.54) is 6.92 Å². The van der Waals surface area contributed by atoms with E-state index in [1.807, 2.05) is 28.9 Å².